The molecular weight excluding hydrogens is 200 g/mol. The Balaban J connectivity index is 2.51. The van der Waals surface area contributed by atoms with Crippen LogP contribution in [-0.4, -0.2) is 11.5 Å². The maximum absolute atomic E-state index is 11.2. The van der Waals surface area contributed by atoms with Crippen molar-refractivity contribution in [2.45, 2.75) is 33.7 Å². The van der Waals surface area contributed by atoms with Crippen LogP contribution in [-0.2, 0) is 11.3 Å². The van der Waals surface area contributed by atoms with E-state index in [9.17, 15) is 4.79 Å². The number of benzene rings is 1. The molecule has 0 bridgehead atoms. The first-order valence-electron chi connectivity index (χ1n) is 5.42. The number of nitrogens with two attached hydrogens (primary N) is 1. The van der Waals surface area contributed by atoms with Gasteiger partial charge in [0.25, 0.3) is 0 Å². The van der Waals surface area contributed by atoms with Crippen LogP contribution in [0.5, 0.6) is 0 Å². The predicted molar refractivity (Wildman–Crippen MR) is 65.9 cm³/mol. The van der Waals surface area contributed by atoms with Crippen molar-refractivity contribution in [2.24, 2.45) is 4.99 Å². The third kappa shape index (κ3) is 1.62. The summed E-state index contributed by atoms with van der Waals surface area (Å²) in [4.78, 5) is 15.6. The lowest BCUT2D eigenvalue weighted by Crippen LogP contribution is -2.09. The van der Waals surface area contributed by atoms with E-state index in [-0.39, 0.29) is 5.78 Å². The minimum absolute atomic E-state index is 0.144. The van der Waals surface area contributed by atoms with Crippen molar-refractivity contribution in [1.29, 1.82) is 0 Å². The van der Waals surface area contributed by atoms with E-state index in [1.807, 2.05) is 13.8 Å². The quantitative estimate of drug-likeness (QED) is 0.770. The summed E-state index contributed by atoms with van der Waals surface area (Å²) in [6.45, 7) is 6.28. The molecule has 0 amide bonds. The third-order valence-electron chi connectivity index (χ3n) is 3.06. The lowest BCUT2D eigenvalue weighted by molar-refractivity contribution is -0.115. The Morgan fingerprint density at radius 3 is 2.81 bits per heavy atom. The van der Waals surface area contributed by atoms with Crippen LogP contribution in [0.1, 0.15) is 35.6 Å². The molecule has 0 aromatic heterocycles. The number of hydrogen-bond donors (Lipinski definition) is 1. The number of anilines is 1. The fourth-order valence-corrected chi connectivity index (χ4v) is 2.25. The summed E-state index contributed by atoms with van der Waals surface area (Å²) in [7, 11) is 0. The van der Waals surface area contributed by atoms with Gasteiger partial charge in [-0.25, -0.2) is 0 Å². The molecule has 1 aromatic carbocycles. The molecular formula is C13H16N2O. The van der Waals surface area contributed by atoms with Crippen molar-refractivity contribution in [3.63, 3.8) is 0 Å². The van der Waals surface area contributed by atoms with E-state index in [1.54, 1.807) is 6.92 Å². The van der Waals surface area contributed by atoms with E-state index in [4.69, 9.17) is 5.73 Å². The number of aryl methyl sites for hydroxylation is 1. The van der Waals surface area contributed by atoms with Crippen molar-refractivity contribution < 1.29 is 4.79 Å². The van der Waals surface area contributed by atoms with Crippen molar-refractivity contribution in [2.75, 3.05) is 5.73 Å². The fourth-order valence-electron chi connectivity index (χ4n) is 2.25. The highest BCUT2D eigenvalue weighted by Gasteiger charge is 2.21. The zero-order chi connectivity index (χ0) is 11.9. The first kappa shape index (κ1) is 10.9. The van der Waals surface area contributed by atoms with Crippen molar-refractivity contribution in [3.05, 3.63) is 28.3 Å². The molecule has 0 spiro atoms. The monoisotopic (exact) mass is 216 g/mol. The van der Waals surface area contributed by atoms with E-state index < -0.39 is 0 Å². The molecule has 2 rings (SSSR count). The van der Waals surface area contributed by atoms with Crippen molar-refractivity contribution in [3.8, 4) is 0 Å². The van der Waals surface area contributed by atoms with Crippen LogP contribution in [0.4, 0.5) is 5.69 Å². The maximum atomic E-state index is 11.2. The summed E-state index contributed by atoms with van der Waals surface area (Å²) >= 11 is 0. The molecule has 1 aromatic rings. The van der Waals surface area contributed by atoms with Gasteiger partial charge in [-0.1, -0.05) is 6.07 Å². The van der Waals surface area contributed by atoms with E-state index in [2.05, 4.69) is 11.1 Å². The van der Waals surface area contributed by atoms with Gasteiger partial charge in [-0.3, -0.25) is 9.79 Å². The molecule has 2 N–H and O–H groups in total. The van der Waals surface area contributed by atoms with E-state index >= 15 is 0 Å². The summed E-state index contributed by atoms with van der Waals surface area (Å²) in [6.07, 6.45) is 0.413. The zero-order valence-corrected chi connectivity index (χ0v) is 9.92. The molecule has 0 atom stereocenters. The van der Waals surface area contributed by atoms with Crippen molar-refractivity contribution in [1.82, 2.24) is 0 Å². The average molecular weight is 216 g/mol. The summed E-state index contributed by atoms with van der Waals surface area (Å²) in [5.74, 6) is 0.144. The van der Waals surface area contributed by atoms with Gasteiger partial charge in [0.1, 0.15) is 5.78 Å². The van der Waals surface area contributed by atoms with Crippen LogP contribution >= 0.6 is 0 Å². The van der Waals surface area contributed by atoms with Crippen LogP contribution in [0.3, 0.4) is 0 Å². The topological polar surface area (TPSA) is 55.5 Å². The second-order valence-corrected chi connectivity index (χ2v) is 4.41. The van der Waals surface area contributed by atoms with Gasteiger partial charge < -0.3 is 5.73 Å². The molecule has 0 fully saturated rings. The van der Waals surface area contributed by atoms with Crippen molar-refractivity contribution >= 4 is 17.2 Å². The Hall–Kier alpha value is -1.64. The lowest BCUT2D eigenvalue weighted by atomic mass is 9.94. The van der Waals surface area contributed by atoms with Gasteiger partial charge in [0, 0.05) is 17.7 Å². The van der Waals surface area contributed by atoms with E-state index in [1.165, 1.54) is 5.56 Å². The Morgan fingerprint density at radius 2 is 2.19 bits per heavy atom. The minimum Gasteiger partial charge on any atom is -0.398 e. The second-order valence-electron chi connectivity index (χ2n) is 4.41. The van der Waals surface area contributed by atoms with Gasteiger partial charge in [-0.2, -0.15) is 0 Å². The number of nitrogen functional groups attached to an aromatic ring is 1. The van der Waals surface area contributed by atoms with Crippen LogP contribution in [0.15, 0.2) is 11.1 Å². The van der Waals surface area contributed by atoms with Gasteiger partial charge >= 0.3 is 0 Å². The largest absolute Gasteiger partial charge is 0.398 e. The standard InChI is InChI=1S/C13H16N2O/c1-7-4-10-6-15-11(5-8(2)16)12(10)9(3)13(7)14/h4H,5-6,14H2,1-3H3. The molecule has 0 unspecified atom stereocenters. The van der Waals surface area contributed by atoms with Gasteiger partial charge in [0.15, 0.2) is 0 Å². The highest BCUT2D eigenvalue weighted by atomic mass is 16.1. The molecule has 1 aliphatic heterocycles. The van der Waals surface area contributed by atoms with E-state index in [0.717, 1.165) is 28.1 Å². The number of hydrogen-bond acceptors (Lipinski definition) is 3. The molecule has 3 nitrogen and oxygen atoms in total. The zero-order valence-electron chi connectivity index (χ0n) is 9.92. The summed E-state index contributed by atoms with van der Waals surface area (Å²) in [5.41, 5.74) is 12.2. The van der Waals surface area contributed by atoms with Crippen LogP contribution < -0.4 is 5.73 Å². The predicted octanol–water partition coefficient (Wildman–Crippen LogP) is 2.17. The number of carbonyl (C=O) groups excluding carboxylic acids is 1. The van der Waals surface area contributed by atoms with E-state index in [0.29, 0.717) is 13.0 Å². The van der Waals surface area contributed by atoms with Crippen LogP contribution in [0.2, 0.25) is 0 Å². The smallest absolute Gasteiger partial charge is 0.135 e. The summed E-state index contributed by atoms with van der Waals surface area (Å²) < 4.78 is 0. The fraction of sp³-hybridized carbons (Fsp3) is 0.385. The van der Waals surface area contributed by atoms with Crippen LogP contribution in [0, 0.1) is 13.8 Å². The maximum Gasteiger partial charge on any atom is 0.135 e. The number of Topliss-reactive ketones (excluding diaryl/α,β-unsaturated/α-hetero) is 1. The lowest BCUT2D eigenvalue weighted by Gasteiger charge is -2.12. The molecule has 1 aliphatic rings. The minimum atomic E-state index is 0.144. The first-order chi connectivity index (χ1) is 7.50. The van der Waals surface area contributed by atoms with Crippen LogP contribution in [0.25, 0.3) is 0 Å². The highest BCUT2D eigenvalue weighted by Crippen LogP contribution is 2.30. The first-order valence-corrected chi connectivity index (χ1v) is 5.42. The molecule has 0 aliphatic carbocycles. The molecule has 3 heteroatoms. The molecule has 0 radical (unpaired) electrons. The molecule has 1 heterocycles. The Morgan fingerprint density at radius 1 is 1.50 bits per heavy atom. The number of nitrogens with zero attached hydrogens (tertiary/aromatic N) is 1. The average Bonchev–Trinajstić information content (AvgIpc) is 2.57. The highest BCUT2D eigenvalue weighted by molar-refractivity contribution is 6.13. The number of aliphatic imine (C=N–C) groups is 1. The third-order valence-corrected chi connectivity index (χ3v) is 3.06. The Bertz CT molecular complexity index is 501. The SMILES string of the molecule is CC(=O)CC1=NCc2cc(C)c(N)c(C)c21. The Kier molecular flexibility index (Phi) is 2.54. The van der Waals surface area contributed by atoms with Gasteiger partial charge in [0.2, 0.25) is 0 Å². The van der Waals surface area contributed by atoms with Gasteiger partial charge in [-0.15, -0.1) is 0 Å². The normalized spacial score (nSPS) is 13.6. The number of rotatable bonds is 2. The molecule has 0 saturated heterocycles. The van der Waals surface area contributed by atoms with Gasteiger partial charge in [-0.05, 0) is 37.5 Å². The second kappa shape index (κ2) is 3.74. The summed E-state index contributed by atoms with van der Waals surface area (Å²) in [5, 5.41) is 0. The Labute approximate surface area is 95.4 Å². The number of carbonyl (C=O) groups is 1. The number of ketones is 1. The number of fused-ring (bicyclic) bond motifs is 1. The summed E-state index contributed by atoms with van der Waals surface area (Å²) in [6, 6.07) is 2.08. The molecule has 0 saturated carbocycles. The molecule has 16 heavy (non-hydrogen) atoms. The molecule has 84 valence electrons. The van der Waals surface area contributed by atoms with Gasteiger partial charge in [0.05, 0.1) is 12.3 Å².